The van der Waals surface area contributed by atoms with Crippen LogP contribution in [0, 0.1) is 0 Å². The maximum Gasteiger partial charge on any atom is 0.315 e. The minimum atomic E-state index is -0.697. The number of amides is 3. The molecule has 2 heterocycles. The van der Waals surface area contributed by atoms with Gasteiger partial charge in [0.15, 0.2) is 0 Å². The number of hydrogen-bond acceptors (Lipinski definition) is 4. The average Bonchev–Trinajstić information content (AvgIpc) is 2.43. The monoisotopic (exact) mass is 292 g/mol. The average molecular weight is 292 g/mol. The van der Waals surface area contributed by atoms with Crippen molar-refractivity contribution in [3.05, 3.63) is 29.1 Å². The molecule has 7 nitrogen and oxygen atoms in total. The Morgan fingerprint density at radius 3 is 2.62 bits per heavy atom. The van der Waals surface area contributed by atoms with Gasteiger partial charge in [0.05, 0.1) is 5.54 Å². The van der Waals surface area contributed by atoms with Gasteiger partial charge in [-0.1, -0.05) is 6.07 Å². The minimum absolute atomic E-state index is 0.193. The molecule has 0 aromatic carbocycles. The summed E-state index contributed by atoms with van der Waals surface area (Å²) in [4.78, 5) is 29.2. The van der Waals surface area contributed by atoms with Crippen LogP contribution in [-0.4, -0.2) is 44.2 Å². The second kappa shape index (κ2) is 5.33. The van der Waals surface area contributed by atoms with E-state index >= 15 is 0 Å². The van der Waals surface area contributed by atoms with Gasteiger partial charge >= 0.3 is 6.03 Å². The molecule has 1 aliphatic heterocycles. The minimum Gasteiger partial charge on any atom is -0.351 e. The van der Waals surface area contributed by atoms with Crippen LogP contribution in [0.1, 0.15) is 42.5 Å². The zero-order valence-corrected chi connectivity index (χ0v) is 12.5. The normalized spacial score (nSPS) is 14.6. The molecule has 0 atom stereocenters. The predicted molar refractivity (Wildman–Crippen MR) is 75.6 cm³/mol. The summed E-state index contributed by atoms with van der Waals surface area (Å²) in [5.74, 6) is -0.539. The van der Waals surface area contributed by atoms with Crippen molar-refractivity contribution in [3.8, 4) is 0 Å². The number of hydroxylamine groups is 2. The number of fused-ring (bicyclic) bond motifs is 1. The third-order valence-electron chi connectivity index (χ3n) is 3.41. The van der Waals surface area contributed by atoms with Crippen molar-refractivity contribution in [1.29, 1.82) is 0 Å². The summed E-state index contributed by atoms with van der Waals surface area (Å²) >= 11 is 0. The van der Waals surface area contributed by atoms with Gasteiger partial charge < -0.3 is 10.6 Å². The maximum atomic E-state index is 12.2. The van der Waals surface area contributed by atoms with Crippen molar-refractivity contribution in [1.82, 2.24) is 14.9 Å². The van der Waals surface area contributed by atoms with E-state index in [9.17, 15) is 14.8 Å². The fourth-order valence-electron chi connectivity index (χ4n) is 2.14. The highest BCUT2D eigenvalue weighted by Crippen LogP contribution is 2.19. The van der Waals surface area contributed by atoms with E-state index in [4.69, 9.17) is 5.73 Å². The highest BCUT2D eigenvalue weighted by Gasteiger charge is 2.28. The number of urea groups is 1. The molecule has 7 heteroatoms. The fourth-order valence-corrected chi connectivity index (χ4v) is 2.14. The van der Waals surface area contributed by atoms with Crippen LogP contribution in [0.25, 0.3) is 0 Å². The first kappa shape index (κ1) is 15.2. The SMILES string of the molecule is CC(C)(C)N(O)C(=O)c1ccc2c(n1)CCN(C(N)=O)C2. The lowest BCUT2D eigenvalue weighted by molar-refractivity contribution is -0.115. The van der Waals surface area contributed by atoms with Crippen molar-refractivity contribution in [3.63, 3.8) is 0 Å². The second-order valence-corrected chi connectivity index (χ2v) is 6.10. The van der Waals surface area contributed by atoms with E-state index in [2.05, 4.69) is 4.98 Å². The molecular weight excluding hydrogens is 272 g/mol. The molecule has 0 bridgehead atoms. The molecular formula is C14H20N4O3. The van der Waals surface area contributed by atoms with Gasteiger partial charge in [0, 0.05) is 25.2 Å². The van der Waals surface area contributed by atoms with Crippen molar-refractivity contribution < 1.29 is 14.8 Å². The van der Waals surface area contributed by atoms with Crippen molar-refractivity contribution in [2.75, 3.05) is 6.54 Å². The van der Waals surface area contributed by atoms with Gasteiger partial charge in [0.25, 0.3) is 5.91 Å². The Kier molecular flexibility index (Phi) is 3.87. The number of nitrogens with zero attached hydrogens (tertiary/aromatic N) is 3. The van der Waals surface area contributed by atoms with E-state index in [-0.39, 0.29) is 5.69 Å². The Balaban J connectivity index is 2.23. The largest absolute Gasteiger partial charge is 0.351 e. The van der Waals surface area contributed by atoms with E-state index in [1.165, 1.54) is 4.90 Å². The fraction of sp³-hybridized carbons (Fsp3) is 0.500. The molecule has 1 aromatic rings. The van der Waals surface area contributed by atoms with Gasteiger partial charge in [-0.05, 0) is 32.4 Å². The summed E-state index contributed by atoms with van der Waals surface area (Å²) in [6.07, 6.45) is 0.542. The van der Waals surface area contributed by atoms with Gasteiger partial charge in [0.1, 0.15) is 5.69 Å². The lowest BCUT2D eigenvalue weighted by atomic mass is 10.0. The van der Waals surface area contributed by atoms with E-state index in [0.717, 1.165) is 11.3 Å². The number of carbonyl (C=O) groups is 2. The first-order valence-corrected chi connectivity index (χ1v) is 6.77. The maximum absolute atomic E-state index is 12.2. The third kappa shape index (κ3) is 3.13. The molecule has 0 unspecified atom stereocenters. The Morgan fingerprint density at radius 1 is 1.38 bits per heavy atom. The quantitative estimate of drug-likeness (QED) is 0.599. The van der Waals surface area contributed by atoms with Gasteiger partial charge in [0.2, 0.25) is 0 Å². The molecule has 0 fully saturated rings. The molecule has 0 spiro atoms. The Hall–Kier alpha value is -2.15. The van der Waals surface area contributed by atoms with Crippen LogP contribution in [0.4, 0.5) is 4.79 Å². The molecule has 21 heavy (non-hydrogen) atoms. The Morgan fingerprint density at radius 2 is 2.05 bits per heavy atom. The second-order valence-electron chi connectivity index (χ2n) is 6.10. The summed E-state index contributed by atoms with van der Waals surface area (Å²) in [6, 6.07) is 2.84. The molecule has 3 N–H and O–H groups in total. The van der Waals surface area contributed by atoms with Gasteiger partial charge in [-0.3, -0.25) is 10.0 Å². The van der Waals surface area contributed by atoms with Gasteiger partial charge in [-0.25, -0.2) is 14.8 Å². The smallest absolute Gasteiger partial charge is 0.315 e. The first-order valence-electron chi connectivity index (χ1n) is 6.77. The Labute approximate surface area is 123 Å². The van der Waals surface area contributed by atoms with Crippen molar-refractivity contribution in [2.24, 2.45) is 5.73 Å². The summed E-state index contributed by atoms with van der Waals surface area (Å²) in [5.41, 5.74) is 6.40. The molecule has 1 aromatic heterocycles. The first-order chi connectivity index (χ1) is 9.70. The number of pyridine rings is 1. The summed E-state index contributed by atoms with van der Waals surface area (Å²) in [7, 11) is 0. The van der Waals surface area contributed by atoms with Crippen LogP contribution in [0.15, 0.2) is 12.1 Å². The van der Waals surface area contributed by atoms with E-state index in [0.29, 0.717) is 24.6 Å². The summed E-state index contributed by atoms with van der Waals surface area (Å²) in [6.45, 7) is 6.07. The number of hydrogen-bond donors (Lipinski definition) is 2. The molecule has 114 valence electrons. The molecule has 0 radical (unpaired) electrons. The summed E-state index contributed by atoms with van der Waals surface area (Å²) in [5, 5.41) is 10.6. The van der Waals surface area contributed by atoms with Crippen LogP contribution in [0.2, 0.25) is 0 Å². The number of aromatic nitrogens is 1. The van der Waals surface area contributed by atoms with E-state index in [1.54, 1.807) is 32.9 Å². The molecule has 2 rings (SSSR count). The van der Waals surface area contributed by atoms with Crippen LogP contribution in [-0.2, 0) is 13.0 Å². The molecule has 0 saturated carbocycles. The molecule has 0 saturated heterocycles. The number of primary amides is 1. The standard InChI is InChI=1S/C14H20N4O3/c1-14(2,3)18(21)12(19)11-5-4-9-8-17(13(15)20)7-6-10(9)16-11/h4-5,21H,6-8H2,1-3H3,(H2,15,20). The number of carbonyl (C=O) groups excluding carboxylic acids is 2. The van der Waals surface area contributed by atoms with Crippen LogP contribution in [0.5, 0.6) is 0 Å². The number of rotatable bonds is 1. The number of nitrogens with two attached hydrogens (primary N) is 1. The molecule has 1 aliphatic rings. The third-order valence-corrected chi connectivity index (χ3v) is 3.41. The topological polar surface area (TPSA) is 99.8 Å². The molecule has 0 aliphatic carbocycles. The van der Waals surface area contributed by atoms with Crippen molar-refractivity contribution in [2.45, 2.75) is 39.3 Å². The highest BCUT2D eigenvalue weighted by atomic mass is 16.5. The predicted octanol–water partition coefficient (Wildman–Crippen LogP) is 1.15. The van der Waals surface area contributed by atoms with Crippen LogP contribution < -0.4 is 5.73 Å². The van der Waals surface area contributed by atoms with Crippen LogP contribution >= 0.6 is 0 Å². The van der Waals surface area contributed by atoms with Gasteiger partial charge in [-0.2, -0.15) is 0 Å². The van der Waals surface area contributed by atoms with E-state index < -0.39 is 17.5 Å². The zero-order chi connectivity index (χ0) is 15.8. The highest BCUT2D eigenvalue weighted by molar-refractivity contribution is 5.92. The van der Waals surface area contributed by atoms with Crippen molar-refractivity contribution >= 4 is 11.9 Å². The summed E-state index contributed by atoms with van der Waals surface area (Å²) < 4.78 is 0. The lowest BCUT2D eigenvalue weighted by Gasteiger charge is -2.30. The van der Waals surface area contributed by atoms with Gasteiger partial charge in [-0.15, -0.1) is 0 Å². The lowest BCUT2D eigenvalue weighted by Crippen LogP contribution is -2.44. The molecule has 3 amide bonds. The Bertz CT molecular complexity index is 580. The van der Waals surface area contributed by atoms with E-state index in [1.807, 2.05) is 0 Å². The zero-order valence-electron chi connectivity index (χ0n) is 12.5. The van der Waals surface area contributed by atoms with Crippen LogP contribution in [0.3, 0.4) is 0 Å².